The molecule has 3 nitrogen and oxygen atoms in total. The van der Waals surface area contributed by atoms with E-state index in [9.17, 15) is 4.79 Å². The number of hydrogen-bond donors (Lipinski definition) is 0. The van der Waals surface area contributed by atoms with Crippen LogP contribution < -0.4 is 0 Å². The third kappa shape index (κ3) is 1.95. The van der Waals surface area contributed by atoms with Crippen molar-refractivity contribution in [2.75, 3.05) is 0 Å². The smallest absolute Gasteiger partial charge is 0.198 e. The Morgan fingerprint density at radius 2 is 2.25 bits per heavy atom. The molecular weight excluding hydrogens is 226 g/mol. The lowest BCUT2D eigenvalue weighted by Gasteiger charge is -1.96. The van der Waals surface area contributed by atoms with Gasteiger partial charge in [0.15, 0.2) is 11.5 Å². The predicted molar refractivity (Wildman–Crippen MR) is 62.9 cm³/mol. The number of halogens is 1. The Kier molecular flexibility index (Phi) is 2.97. The minimum atomic E-state index is 0.220. The van der Waals surface area contributed by atoms with Gasteiger partial charge >= 0.3 is 0 Å². The fourth-order valence-corrected chi connectivity index (χ4v) is 1.80. The molecule has 0 amide bonds. The number of carbonyl (C=O) groups is 1. The van der Waals surface area contributed by atoms with Crippen molar-refractivity contribution < 1.29 is 9.21 Å². The quantitative estimate of drug-likeness (QED) is 0.769. The molecule has 0 aliphatic rings. The van der Waals surface area contributed by atoms with Crippen LogP contribution in [0.4, 0.5) is 0 Å². The summed E-state index contributed by atoms with van der Waals surface area (Å²) in [4.78, 5) is 14.8. The van der Waals surface area contributed by atoms with Gasteiger partial charge in [-0.25, -0.2) is 4.98 Å². The highest BCUT2D eigenvalue weighted by Crippen LogP contribution is 2.28. The molecule has 2 aromatic rings. The molecule has 0 fully saturated rings. The van der Waals surface area contributed by atoms with E-state index in [0.29, 0.717) is 28.4 Å². The van der Waals surface area contributed by atoms with Crippen LogP contribution in [0.15, 0.2) is 16.5 Å². The maximum Gasteiger partial charge on any atom is 0.198 e. The number of carbonyl (C=O) groups excluding carboxylic acids is 1. The van der Waals surface area contributed by atoms with Crippen LogP contribution >= 0.6 is 11.6 Å². The first-order valence-electron chi connectivity index (χ1n) is 5.14. The van der Waals surface area contributed by atoms with Crippen LogP contribution in [-0.2, 0) is 11.2 Å². The van der Waals surface area contributed by atoms with E-state index in [0.717, 1.165) is 11.8 Å². The highest BCUT2D eigenvalue weighted by Gasteiger charge is 2.12. The van der Waals surface area contributed by atoms with Crippen molar-refractivity contribution in [2.45, 2.75) is 26.2 Å². The van der Waals surface area contributed by atoms with E-state index in [1.54, 1.807) is 6.07 Å². The van der Waals surface area contributed by atoms with Crippen LogP contribution in [0, 0.1) is 0 Å². The molecule has 0 radical (unpaired) electrons. The zero-order valence-corrected chi connectivity index (χ0v) is 9.91. The van der Waals surface area contributed by atoms with Gasteiger partial charge in [-0.15, -0.1) is 0 Å². The molecule has 0 unspecified atom stereocenters. The maximum atomic E-state index is 10.4. The largest absolute Gasteiger partial charge is 0.439 e. The van der Waals surface area contributed by atoms with Gasteiger partial charge in [0.25, 0.3) is 0 Å². The molecule has 16 heavy (non-hydrogen) atoms. The number of hydrogen-bond acceptors (Lipinski definition) is 3. The van der Waals surface area contributed by atoms with Crippen molar-refractivity contribution in [2.24, 2.45) is 0 Å². The van der Waals surface area contributed by atoms with Crippen LogP contribution in [0.1, 0.15) is 31.2 Å². The van der Waals surface area contributed by atoms with E-state index in [4.69, 9.17) is 16.0 Å². The molecule has 4 heteroatoms. The lowest BCUT2D eigenvalue weighted by Crippen LogP contribution is -1.86. The number of nitrogens with zero attached hydrogens (tertiary/aromatic N) is 1. The van der Waals surface area contributed by atoms with Crippen molar-refractivity contribution in [3.8, 4) is 0 Å². The molecule has 1 aromatic carbocycles. The topological polar surface area (TPSA) is 43.1 Å². The monoisotopic (exact) mass is 237 g/mol. The molecule has 2 rings (SSSR count). The van der Waals surface area contributed by atoms with Gasteiger partial charge in [-0.1, -0.05) is 25.4 Å². The molecule has 84 valence electrons. The molecule has 0 aliphatic heterocycles. The minimum absolute atomic E-state index is 0.220. The predicted octanol–water partition coefficient (Wildman–Crippen LogP) is 3.35. The van der Waals surface area contributed by atoms with E-state index in [1.165, 1.54) is 0 Å². The number of oxazole rings is 1. The standard InChI is InChI=1S/C12H12ClNO2/c1-7(2)12-14-10-6-8(3-4-15)5-9(13)11(10)16-12/h4-7H,3H2,1-2H3. The van der Waals surface area contributed by atoms with Gasteiger partial charge in [0, 0.05) is 12.3 Å². The van der Waals surface area contributed by atoms with E-state index >= 15 is 0 Å². The van der Waals surface area contributed by atoms with E-state index in [-0.39, 0.29) is 5.92 Å². The van der Waals surface area contributed by atoms with E-state index < -0.39 is 0 Å². The summed E-state index contributed by atoms with van der Waals surface area (Å²) in [5, 5.41) is 0.508. The molecule has 0 bridgehead atoms. The molecule has 0 saturated carbocycles. The van der Waals surface area contributed by atoms with Gasteiger partial charge in [-0.05, 0) is 17.7 Å². The average molecular weight is 238 g/mol. The first kappa shape index (κ1) is 11.1. The van der Waals surface area contributed by atoms with Crippen molar-refractivity contribution in [1.29, 1.82) is 0 Å². The maximum absolute atomic E-state index is 10.4. The number of aromatic nitrogens is 1. The molecule has 0 atom stereocenters. The summed E-state index contributed by atoms with van der Waals surface area (Å²) in [7, 11) is 0. The highest BCUT2D eigenvalue weighted by molar-refractivity contribution is 6.34. The van der Waals surface area contributed by atoms with Crippen molar-refractivity contribution in [1.82, 2.24) is 4.98 Å². The van der Waals surface area contributed by atoms with Crippen molar-refractivity contribution in [3.63, 3.8) is 0 Å². The lowest BCUT2D eigenvalue weighted by molar-refractivity contribution is -0.107. The summed E-state index contributed by atoms with van der Waals surface area (Å²) in [6, 6.07) is 3.58. The molecular formula is C12H12ClNO2. The molecule has 0 saturated heterocycles. The molecule has 0 N–H and O–H groups in total. The summed E-state index contributed by atoms with van der Waals surface area (Å²) in [5.41, 5.74) is 2.17. The van der Waals surface area contributed by atoms with E-state index in [1.807, 2.05) is 19.9 Å². The van der Waals surface area contributed by atoms with Crippen LogP contribution in [0.3, 0.4) is 0 Å². The van der Waals surface area contributed by atoms with Crippen LogP contribution in [-0.4, -0.2) is 11.3 Å². The Bertz CT molecular complexity index is 531. The summed E-state index contributed by atoms with van der Waals surface area (Å²) < 4.78 is 5.56. The Balaban J connectivity index is 2.58. The molecule has 1 aromatic heterocycles. The number of fused-ring (bicyclic) bond motifs is 1. The van der Waals surface area contributed by atoms with Gasteiger partial charge < -0.3 is 9.21 Å². The third-order valence-corrected chi connectivity index (χ3v) is 2.61. The van der Waals surface area contributed by atoms with Crippen LogP contribution in [0.2, 0.25) is 5.02 Å². The lowest BCUT2D eigenvalue weighted by atomic mass is 10.1. The Hall–Kier alpha value is -1.35. The second kappa shape index (κ2) is 4.26. The fourth-order valence-electron chi connectivity index (χ4n) is 1.52. The fraction of sp³-hybridized carbons (Fsp3) is 0.333. The second-order valence-electron chi connectivity index (χ2n) is 4.00. The summed E-state index contributed by atoms with van der Waals surface area (Å²) in [6.07, 6.45) is 1.19. The second-order valence-corrected chi connectivity index (χ2v) is 4.41. The molecule has 0 spiro atoms. The SMILES string of the molecule is CC(C)c1nc2cc(CC=O)cc(Cl)c2o1. The van der Waals surface area contributed by atoms with Gasteiger partial charge in [-0.2, -0.15) is 0 Å². The van der Waals surface area contributed by atoms with Crippen molar-refractivity contribution >= 4 is 29.0 Å². The van der Waals surface area contributed by atoms with Crippen LogP contribution in [0.5, 0.6) is 0 Å². The Morgan fingerprint density at radius 3 is 2.88 bits per heavy atom. The Labute approximate surface area is 98.4 Å². The first-order chi connectivity index (χ1) is 7.61. The number of aldehydes is 1. The van der Waals surface area contributed by atoms with Gasteiger partial charge in [0.05, 0.1) is 5.02 Å². The number of benzene rings is 1. The summed E-state index contributed by atoms with van der Waals surface area (Å²) in [5.74, 6) is 0.887. The minimum Gasteiger partial charge on any atom is -0.439 e. The van der Waals surface area contributed by atoms with Gasteiger partial charge in [0.2, 0.25) is 0 Å². The third-order valence-electron chi connectivity index (χ3n) is 2.33. The first-order valence-corrected chi connectivity index (χ1v) is 5.52. The number of rotatable bonds is 3. The average Bonchev–Trinajstić information content (AvgIpc) is 2.62. The van der Waals surface area contributed by atoms with Gasteiger partial charge in [-0.3, -0.25) is 0 Å². The summed E-state index contributed by atoms with van der Waals surface area (Å²) in [6.45, 7) is 4.01. The zero-order valence-electron chi connectivity index (χ0n) is 9.16. The zero-order chi connectivity index (χ0) is 11.7. The molecule has 0 aliphatic carbocycles. The van der Waals surface area contributed by atoms with E-state index in [2.05, 4.69) is 4.98 Å². The Morgan fingerprint density at radius 1 is 1.50 bits per heavy atom. The normalized spacial score (nSPS) is 11.2. The highest BCUT2D eigenvalue weighted by atomic mass is 35.5. The van der Waals surface area contributed by atoms with Gasteiger partial charge in [0.1, 0.15) is 11.8 Å². The summed E-state index contributed by atoms with van der Waals surface area (Å²) >= 11 is 6.07. The molecule has 1 heterocycles. The van der Waals surface area contributed by atoms with Crippen molar-refractivity contribution in [3.05, 3.63) is 28.6 Å². The van der Waals surface area contributed by atoms with Crippen LogP contribution in [0.25, 0.3) is 11.1 Å².